The maximum absolute atomic E-state index is 11.4. The molecule has 1 N–H and O–H groups in total. The first-order valence-electron chi connectivity index (χ1n) is 4.31. The van der Waals surface area contributed by atoms with Crippen LogP contribution in [0.1, 0.15) is 23.7 Å². The quantitative estimate of drug-likeness (QED) is 0.459. The number of ether oxygens (including phenoxy) is 1. The standard InChI is InChI=1S/C10H12O3S/c1-2-9(14)13-10(12)7-3-5-8(11)6-4-7/h3-6,9,11,14H,2H2,1H3. The predicted molar refractivity (Wildman–Crippen MR) is 56.6 cm³/mol. The van der Waals surface area contributed by atoms with E-state index in [-0.39, 0.29) is 11.2 Å². The first kappa shape index (κ1) is 10.9. The van der Waals surface area contributed by atoms with Crippen LogP contribution >= 0.6 is 12.6 Å². The van der Waals surface area contributed by atoms with E-state index in [0.717, 1.165) is 0 Å². The lowest BCUT2D eigenvalue weighted by Gasteiger charge is -2.09. The largest absolute Gasteiger partial charge is 0.508 e. The zero-order valence-electron chi connectivity index (χ0n) is 7.80. The van der Waals surface area contributed by atoms with Crippen molar-refractivity contribution in [2.75, 3.05) is 0 Å². The molecule has 0 saturated heterocycles. The molecule has 0 bridgehead atoms. The van der Waals surface area contributed by atoms with E-state index in [4.69, 9.17) is 9.84 Å². The predicted octanol–water partition coefficient (Wildman–Crippen LogP) is 2.21. The molecule has 0 radical (unpaired) electrons. The van der Waals surface area contributed by atoms with Crippen molar-refractivity contribution in [3.05, 3.63) is 29.8 Å². The zero-order chi connectivity index (χ0) is 10.6. The summed E-state index contributed by atoms with van der Waals surface area (Å²) in [7, 11) is 0. The van der Waals surface area contributed by atoms with Crippen molar-refractivity contribution in [3.8, 4) is 5.75 Å². The molecule has 0 aromatic heterocycles. The molecule has 0 aliphatic heterocycles. The normalized spacial score (nSPS) is 12.1. The summed E-state index contributed by atoms with van der Waals surface area (Å²) in [6, 6.07) is 5.90. The van der Waals surface area contributed by atoms with Crippen molar-refractivity contribution in [2.45, 2.75) is 18.8 Å². The van der Waals surface area contributed by atoms with Crippen molar-refractivity contribution >= 4 is 18.6 Å². The average Bonchev–Trinajstić information content (AvgIpc) is 2.18. The van der Waals surface area contributed by atoms with Gasteiger partial charge in [0.15, 0.2) is 0 Å². The second-order valence-electron chi connectivity index (χ2n) is 2.82. The molecule has 1 aromatic carbocycles. The molecule has 0 spiro atoms. The van der Waals surface area contributed by atoms with Crippen molar-refractivity contribution in [2.24, 2.45) is 0 Å². The number of carbonyl (C=O) groups excluding carboxylic acids is 1. The molecule has 0 saturated carbocycles. The minimum atomic E-state index is -0.424. The summed E-state index contributed by atoms with van der Waals surface area (Å²) in [5.41, 5.74) is 0.0339. The van der Waals surface area contributed by atoms with Crippen LogP contribution in [0, 0.1) is 0 Å². The van der Waals surface area contributed by atoms with Gasteiger partial charge in [-0.25, -0.2) is 4.79 Å². The van der Waals surface area contributed by atoms with Crippen LogP contribution < -0.4 is 0 Å². The van der Waals surface area contributed by atoms with Crippen LogP contribution in [0.15, 0.2) is 24.3 Å². The Labute approximate surface area is 88.1 Å². The van der Waals surface area contributed by atoms with Gasteiger partial charge >= 0.3 is 5.97 Å². The monoisotopic (exact) mass is 212 g/mol. The maximum Gasteiger partial charge on any atom is 0.339 e. The Balaban J connectivity index is 2.65. The van der Waals surface area contributed by atoms with E-state index in [1.165, 1.54) is 24.3 Å². The Morgan fingerprint density at radius 3 is 2.57 bits per heavy atom. The minimum Gasteiger partial charge on any atom is -0.508 e. The van der Waals surface area contributed by atoms with E-state index >= 15 is 0 Å². The minimum absolute atomic E-state index is 0.125. The van der Waals surface area contributed by atoms with Crippen molar-refractivity contribution in [3.63, 3.8) is 0 Å². The highest BCUT2D eigenvalue weighted by molar-refractivity contribution is 7.80. The van der Waals surface area contributed by atoms with Gasteiger partial charge in [-0.15, -0.1) is 12.6 Å². The SMILES string of the molecule is CCC(S)OC(=O)c1ccc(O)cc1. The molecule has 1 aromatic rings. The second kappa shape index (κ2) is 4.91. The van der Waals surface area contributed by atoms with E-state index in [1.54, 1.807) is 0 Å². The zero-order valence-corrected chi connectivity index (χ0v) is 8.70. The van der Waals surface area contributed by atoms with Crippen LogP contribution in [0.3, 0.4) is 0 Å². The maximum atomic E-state index is 11.4. The molecule has 1 atom stereocenters. The summed E-state index contributed by atoms with van der Waals surface area (Å²) >= 11 is 4.05. The van der Waals surface area contributed by atoms with Crippen LogP contribution in [-0.2, 0) is 4.74 Å². The second-order valence-corrected chi connectivity index (χ2v) is 3.39. The van der Waals surface area contributed by atoms with Crippen molar-refractivity contribution < 1.29 is 14.6 Å². The number of hydrogen-bond acceptors (Lipinski definition) is 4. The molecule has 0 aliphatic carbocycles. The molecule has 0 heterocycles. The number of carbonyl (C=O) groups is 1. The van der Waals surface area contributed by atoms with Gasteiger partial charge in [0.05, 0.1) is 5.56 Å². The lowest BCUT2D eigenvalue weighted by molar-refractivity contribution is 0.0457. The molecule has 1 unspecified atom stereocenters. The Bertz CT molecular complexity index is 308. The van der Waals surface area contributed by atoms with E-state index < -0.39 is 5.97 Å². The van der Waals surface area contributed by atoms with Crippen molar-refractivity contribution in [1.29, 1.82) is 0 Å². The number of hydrogen-bond donors (Lipinski definition) is 2. The number of thiol groups is 1. The van der Waals surface area contributed by atoms with Gasteiger partial charge in [-0.05, 0) is 30.7 Å². The smallest absolute Gasteiger partial charge is 0.339 e. The van der Waals surface area contributed by atoms with Crippen molar-refractivity contribution in [1.82, 2.24) is 0 Å². The lowest BCUT2D eigenvalue weighted by atomic mass is 10.2. The lowest BCUT2D eigenvalue weighted by Crippen LogP contribution is -2.11. The highest BCUT2D eigenvalue weighted by Crippen LogP contribution is 2.12. The van der Waals surface area contributed by atoms with Gasteiger partial charge in [-0.3, -0.25) is 0 Å². The number of esters is 1. The summed E-state index contributed by atoms with van der Waals surface area (Å²) in [4.78, 5) is 11.4. The number of aromatic hydroxyl groups is 1. The number of phenolic OH excluding ortho intramolecular Hbond substituents is 1. The number of rotatable bonds is 3. The summed E-state index contributed by atoms with van der Waals surface area (Å²) in [5, 5.41) is 9.00. The third kappa shape index (κ3) is 2.96. The van der Waals surface area contributed by atoms with E-state index in [0.29, 0.717) is 12.0 Å². The highest BCUT2D eigenvalue weighted by atomic mass is 32.1. The van der Waals surface area contributed by atoms with Gasteiger partial charge in [0.2, 0.25) is 0 Å². The van der Waals surface area contributed by atoms with Crippen LogP contribution in [0.5, 0.6) is 5.75 Å². The fourth-order valence-electron chi connectivity index (χ4n) is 0.872. The molecule has 0 amide bonds. The molecule has 3 nitrogen and oxygen atoms in total. The Morgan fingerprint density at radius 1 is 1.50 bits per heavy atom. The fraction of sp³-hybridized carbons (Fsp3) is 0.300. The summed E-state index contributed by atoms with van der Waals surface area (Å²) < 4.78 is 4.97. The average molecular weight is 212 g/mol. The fourth-order valence-corrected chi connectivity index (χ4v) is 0.968. The third-order valence-electron chi connectivity index (χ3n) is 1.70. The van der Waals surface area contributed by atoms with Crippen LogP contribution in [-0.4, -0.2) is 16.5 Å². The van der Waals surface area contributed by atoms with Gasteiger partial charge in [0, 0.05) is 0 Å². The van der Waals surface area contributed by atoms with Crippen LogP contribution in [0.25, 0.3) is 0 Å². The van der Waals surface area contributed by atoms with E-state index in [9.17, 15) is 4.79 Å². The van der Waals surface area contributed by atoms with Gasteiger partial charge in [0.1, 0.15) is 11.2 Å². The molecular formula is C10H12O3S. The topological polar surface area (TPSA) is 46.5 Å². The number of benzene rings is 1. The van der Waals surface area contributed by atoms with E-state index in [1.807, 2.05) is 6.92 Å². The molecule has 4 heteroatoms. The van der Waals surface area contributed by atoms with Crippen LogP contribution in [0.4, 0.5) is 0 Å². The summed E-state index contributed by atoms with van der Waals surface area (Å²) in [5.74, 6) is -0.300. The first-order chi connectivity index (χ1) is 6.63. The molecular weight excluding hydrogens is 200 g/mol. The highest BCUT2D eigenvalue weighted by Gasteiger charge is 2.10. The van der Waals surface area contributed by atoms with Gasteiger partial charge in [-0.1, -0.05) is 6.92 Å². The summed E-state index contributed by atoms with van der Waals surface area (Å²) in [6.07, 6.45) is 0.660. The Morgan fingerprint density at radius 2 is 2.07 bits per heavy atom. The third-order valence-corrected chi connectivity index (χ3v) is 2.17. The Hall–Kier alpha value is -1.16. The van der Waals surface area contributed by atoms with E-state index in [2.05, 4.69) is 12.6 Å². The molecule has 0 aliphatic rings. The van der Waals surface area contributed by atoms with Crippen LogP contribution in [0.2, 0.25) is 0 Å². The van der Waals surface area contributed by atoms with Gasteiger partial charge in [-0.2, -0.15) is 0 Å². The van der Waals surface area contributed by atoms with Gasteiger partial charge in [0.25, 0.3) is 0 Å². The Kier molecular flexibility index (Phi) is 3.83. The first-order valence-corrected chi connectivity index (χ1v) is 4.83. The molecule has 0 fully saturated rings. The number of phenols is 1. The molecule has 14 heavy (non-hydrogen) atoms. The van der Waals surface area contributed by atoms with Gasteiger partial charge < -0.3 is 9.84 Å². The summed E-state index contributed by atoms with van der Waals surface area (Å²) in [6.45, 7) is 1.88. The molecule has 1 rings (SSSR count). The molecule has 76 valence electrons.